The lowest BCUT2D eigenvalue weighted by molar-refractivity contribution is 0.336. The number of fused-ring (bicyclic) bond motifs is 6. The molecule has 0 spiro atoms. The van der Waals surface area contributed by atoms with Crippen molar-refractivity contribution in [3.63, 3.8) is 0 Å². The number of anilines is 1. The summed E-state index contributed by atoms with van der Waals surface area (Å²) in [5, 5.41) is 4.15. The number of hydrogen-bond donors (Lipinski definition) is 0. The molecule has 1 nitrogen and oxygen atoms in total. The van der Waals surface area contributed by atoms with Gasteiger partial charge in [0, 0.05) is 24.1 Å². The molecule has 0 saturated heterocycles. The Hall–Kier alpha value is -2.22. The van der Waals surface area contributed by atoms with Gasteiger partial charge in [-0.05, 0) is 64.3 Å². The maximum atomic E-state index is 6.84. The molecule has 0 saturated carbocycles. The van der Waals surface area contributed by atoms with Crippen LogP contribution in [0.3, 0.4) is 0 Å². The molecule has 0 fully saturated rings. The maximum absolute atomic E-state index is 6.84. The molecule has 0 aromatic heterocycles. The number of nitrogens with zero attached hydrogens (tertiary/aromatic N) is 1. The van der Waals surface area contributed by atoms with E-state index in [1.165, 1.54) is 33.2 Å². The summed E-state index contributed by atoms with van der Waals surface area (Å²) in [6.45, 7) is 1.08. The Kier molecular flexibility index (Phi) is 3.93. The van der Waals surface area contributed by atoms with Gasteiger partial charge in [0.25, 0.3) is 0 Å². The smallest absolute Gasteiger partial charge is 0.0645 e. The van der Waals surface area contributed by atoms with Gasteiger partial charge in [-0.25, -0.2) is 0 Å². The van der Waals surface area contributed by atoms with Crippen LogP contribution in [0.25, 0.3) is 10.8 Å². The van der Waals surface area contributed by atoms with Crippen molar-refractivity contribution in [2.45, 2.75) is 30.7 Å². The minimum absolute atomic E-state index is 0.250. The molecule has 3 heteroatoms. The summed E-state index contributed by atoms with van der Waals surface area (Å²) >= 11 is 13.3. The standard InChI is InChI=1S/C28H23Cl2N/c29-24-13-5-12-22(26(24)30)27-21-11-4-10-20(21)25-19-8-2-1-6-16(19)14-23-18-9-3-7-17(18)15-31(27)28(23)25/h1-6,8-10,12-14,17-18,20-21,27H,7,11,15H2/t17-,18+,20+,21-,27-/m1/s1. The minimum atomic E-state index is 0.250. The lowest BCUT2D eigenvalue weighted by atomic mass is 9.69. The molecule has 2 aliphatic heterocycles. The van der Waals surface area contributed by atoms with E-state index in [4.69, 9.17) is 23.2 Å². The van der Waals surface area contributed by atoms with Crippen LogP contribution in [0, 0.1) is 11.8 Å². The number of hydrogen-bond acceptors (Lipinski definition) is 1. The zero-order valence-electron chi connectivity index (χ0n) is 17.1. The normalized spacial score (nSPS) is 29.9. The van der Waals surface area contributed by atoms with Gasteiger partial charge in [0.15, 0.2) is 0 Å². The molecule has 154 valence electrons. The van der Waals surface area contributed by atoms with Crippen molar-refractivity contribution in [1.29, 1.82) is 0 Å². The van der Waals surface area contributed by atoms with Gasteiger partial charge in [0.2, 0.25) is 0 Å². The Morgan fingerprint density at radius 2 is 1.68 bits per heavy atom. The zero-order chi connectivity index (χ0) is 20.7. The van der Waals surface area contributed by atoms with Crippen LogP contribution >= 0.6 is 23.2 Å². The first-order valence-electron chi connectivity index (χ1n) is 11.3. The maximum Gasteiger partial charge on any atom is 0.0645 e. The molecule has 4 aliphatic rings. The van der Waals surface area contributed by atoms with Crippen molar-refractivity contribution in [1.82, 2.24) is 0 Å². The predicted octanol–water partition coefficient (Wildman–Crippen LogP) is 8.04. The van der Waals surface area contributed by atoms with Gasteiger partial charge in [0.1, 0.15) is 0 Å². The molecular weight excluding hydrogens is 421 g/mol. The molecular formula is C28H23Cl2N. The van der Waals surface area contributed by atoms with Crippen molar-refractivity contribution in [2.24, 2.45) is 11.8 Å². The predicted molar refractivity (Wildman–Crippen MR) is 130 cm³/mol. The van der Waals surface area contributed by atoms with Gasteiger partial charge in [-0.1, -0.05) is 83.9 Å². The molecule has 2 heterocycles. The highest BCUT2D eigenvalue weighted by Gasteiger charge is 2.48. The molecule has 0 radical (unpaired) electrons. The van der Waals surface area contributed by atoms with Crippen molar-refractivity contribution >= 4 is 39.7 Å². The molecule has 2 aliphatic carbocycles. The quantitative estimate of drug-likeness (QED) is 0.343. The van der Waals surface area contributed by atoms with Gasteiger partial charge >= 0.3 is 0 Å². The first-order chi connectivity index (χ1) is 15.2. The second-order valence-corrected chi connectivity index (χ2v) is 10.3. The van der Waals surface area contributed by atoms with E-state index in [1.54, 1.807) is 0 Å². The van der Waals surface area contributed by atoms with Crippen LogP contribution in [0.1, 0.15) is 47.4 Å². The third kappa shape index (κ3) is 2.45. The van der Waals surface area contributed by atoms with Crippen molar-refractivity contribution < 1.29 is 0 Å². The number of rotatable bonds is 1. The van der Waals surface area contributed by atoms with Crippen molar-refractivity contribution in [2.75, 3.05) is 11.4 Å². The first-order valence-corrected chi connectivity index (χ1v) is 12.1. The van der Waals surface area contributed by atoms with E-state index < -0.39 is 0 Å². The van der Waals surface area contributed by atoms with Gasteiger partial charge in [0.05, 0.1) is 16.1 Å². The number of benzene rings is 3. The average Bonchev–Trinajstić information content (AvgIpc) is 3.45. The SMILES string of the molecule is Clc1cccc([C@H]2[C@@H]3CC=C[C@@H]3c3c4c(cc5ccccc35)[C@H]3C=CC[C@@H]3CN42)c1Cl. The second kappa shape index (κ2) is 6.64. The van der Waals surface area contributed by atoms with Gasteiger partial charge in [-0.2, -0.15) is 0 Å². The van der Waals surface area contributed by atoms with E-state index in [-0.39, 0.29) is 6.04 Å². The Labute approximate surface area is 193 Å². The van der Waals surface area contributed by atoms with Crippen molar-refractivity contribution in [3.05, 3.63) is 99.6 Å². The lowest BCUT2D eigenvalue weighted by Crippen LogP contribution is -2.46. The van der Waals surface area contributed by atoms with E-state index in [0.717, 1.165) is 24.4 Å². The Morgan fingerprint density at radius 3 is 2.61 bits per heavy atom. The molecule has 5 atom stereocenters. The average molecular weight is 444 g/mol. The second-order valence-electron chi connectivity index (χ2n) is 9.49. The highest BCUT2D eigenvalue weighted by Crippen LogP contribution is 2.61. The van der Waals surface area contributed by atoms with Crippen molar-refractivity contribution in [3.8, 4) is 0 Å². The Balaban J connectivity index is 1.56. The third-order valence-electron chi connectivity index (χ3n) is 8.05. The lowest BCUT2D eigenvalue weighted by Gasteiger charge is -2.52. The highest BCUT2D eigenvalue weighted by molar-refractivity contribution is 6.42. The van der Waals surface area contributed by atoms with E-state index >= 15 is 0 Å². The Bertz CT molecular complexity index is 1290. The fourth-order valence-corrected chi connectivity index (χ4v) is 7.25. The highest BCUT2D eigenvalue weighted by atomic mass is 35.5. The van der Waals surface area contributed by atoms with E-state index in [2.05, 4.69) is 71.7 Å². The number of halogens is 2. The summed E-state index contributed by atoms with van der Waals surface area (Å²) in [7, 11) is 0. The molecule has 0 unspecified atom stereocenters. The van der Waals surface area contributed by atoms with Gasteiger partial charge in [-0.15, -0.1) is 0 Å². The monoisotopic (exact) mass is 443 g/mol. The molecule has 0 N–H and O–H groups in total. The minimum Gasteiger partial charge on any atom is -0.363 e. The summed E-state index contributed by atoms with van der Waals surface area (Å²) in [6, 6.07) is 17.8. The van der Waals surface area contributed by atoms with Crippen LogP contribution in [0.15, 0.2) is 72.8 Å². The van der Waals surface area contributed by atoms with Crippen LogP contribution in [-0.2, 0) is 0 Å². The molecule has 3 aromatic rings. The topological polar surface area (TPSA) is 3.24 Å². The van der Waals surface area contributed by atoms with Gasteiger partial charge < -0.3 is 4.90 Å². The van der Waals surface area contributed by atoms with Crippen LogP contribution in [0.4, 0.5) is 5.69 Å². The summed E-state index contributed by atoms with van der Waals surface area (Å²) in [6.07, 6.45) is 11.9. The van der Waals surface area contributed by atoms with Crippen LogP contribution in [0.5, 0.6) is 0 Å². The molecule has 7 rings (SSSR count). The van der Waals surface area contributed by atoms with Crippen LogP contribution in [0.2, 0.25) is 10.0 Å². The molecule has 3 aromatic carbocycles. The molecule has 0 amide bonds. The largest absolute Gasteiger partial charge is 0.363 e. The van der Waals surface area contributed by atoms with Crippen LogP contribution in [-0.4, -0.2) is 6.54 Å². The fraction of sp³-hybridized carbons (Fsp3) is 0.286. The summed E-state index contributed by atoms with van der Waals surface area (Å²) in [5.41, 5.74) is 5.67. The summed E-state index contributed by atoms with van der Waals surface area (Å²) in [4.78, 5) is 2.71. The zero-order valence-corrected chi connectivity index (χ0v) is 18.7. The van der Waals surface area contributed by atoms with Crippen LogP contribution < -0.4 is 4.90 Å². The van der Waals surface area contributed by atoms with Gasteiger partial charge in [-0.3, -0.25) is 0 Å². The first kappa shape index (κ1) is 18.4. The molecule has 31 heavy (non-hydrogen) atoms. The van der Waals surface area contributed by atoms with E-state index in [0.29, 0.717) is 28.7 Å². The summed E-state index contributed by atoms with van der Waals surface area (Å²) in [5.74, 6) is 2.05. The molecule has 0 bridgehead atoms. The number of allylic oxidation sites excluding steroid dienone is 4. The Morgan fingerprint density at radius 1 is 0.839 bits per heavy atom. The fourth-order valence-electron chi connectivity index (χ4n) is 6.83. The third-order valence-corrected chi connectivity index (χ3v) is 8.88. The summed E-state index contributed by atoms with van der Waals surface area (Å²) < 4.78 is 0. The van der Waals surface area contributed by atoms with E-state index in [9.17, 15) is 0 Å². The van der Waals surface area contributed by atoms with E-state index in [1.807, 2.05) is 6.07 Å².